The van der Waals surface area contributed by atoms with Crippen LogP contribution in [0.25, 0.3) is 0 Å². The van der Waals surface area contributed by atoms with Gasteiger partial charge in [0.05, 0.1) is 6.54 Å². The molecule has 2 aliphatic rings. The van der Waals surface area contributed by atoms with Crippen molar-refractivity contribution in [2.24, 2.45) is 10.4 Å². The van der Waals surface area contributed by atoms with E-state index >= 15 is 0 Å². The summed E-state index contributed by atoms with van der Waals surface area (Å²) in [6.07, 6.45) is 2.40. The van der Waals surface area contributed by atoms with Crippen molar-refractivity contribution in [2.45, 2.75) is 32.8 Å². The minimum Gasteiger partial charge on any atom is -0.488 e. The van der Waals surface area contributed by atoms with Gasteiger partial charge in [-0.15, -0.1) is 24.0 Å². The molecule has 22 heavy (non-hydrogen) atoms. The predicted octanol–water partition coefficient (Wildman–Crippen LogP) is 2.92. The minimum absolute atomic E-state index is 0. The highest BCUT2D eigenvalue weighted by Crippen LogP contribution is 2.29. The van der Waals surface area contributed by atoms with Crippen LogP contribution in [0.2, 0.25) is 0 Å². The number of likely N-dealkylation sites (tertiary alicyclic amines) is 1. The van der Waals surface area contributed by atoms with Gasteiger partial charge in [-0.3, -0.25) is 4.99 Å². The largest absolute Gasteiger partial charge is 0.488 e. The Kier molecular flexibility index (Phi) is 5.58. The van der Waals surface area contributed by atoms with E-state index in [9.17, 15) is 0 Å². The molecule has 1 unspecified atom stereocenters. The molecule has 3 rings (SSSR count). The van der Waals surface area contributed by atoms with Crippen LogP contribution in [0.3, 0.4) is 0 Å². The van der Waals surface area contributed by atoms with E-state index < -0.39 is 0 Å². The monoisotopic (exact) mass is 415 g/mol. The fourth-order valence-corrected chi connectivity index (χ4v) is 3.20. The number of fused-ring (bicyclic) bond motifs is 1. The molecule has 1 atom stereocenters. The first-order valence-electron chi connectivity index (χ1n) is 7.77. The number of nitrogens with one attached hydrogen (secondary N) is 1. The maximum atomic E-state index is 5.97. The summed E-state index contributed by atoms with van der Waals surface area (Å²) in [5.41, 5.74) is 1.69. The molecule has 1 aromatic rings. The number of benzene rings is 1. The van der Waals surface area contributed by atoms with Crippen LogP contribution in [0, 0.1) is 5.41 Å². The van der Waals surface area contributed by atoms with Crippen molar-refractivity contribution >= 4 is 29.9 Å². The van der Waals surface area contributed by atoms with Gasteiger partial charge in [0.15, 0.2) is 5.96 Å². The summed E-state index contributed by atoms with van der Waals surface area (Å²) in [7, 11) is 1.86. The summed E-state index contributed by atoms with van der Waals surface area (Å²) in [6.45, 7) is 7.59. The molecule has 1 N–H and O–H groups in total. The molecule has 0 aromatic heterocycles. The zero-order valence-corrected chi connectivity index (χ0v) is 16.0. The van der Waals surface area contributed by atoms with Crippen molar-refractivity contribution in [3.63, 3.8) is 0 Å². The Bertz CT molecular complexity index is 519. The minimum atomic E-state index is 0. The lowest BCUT2D eigenvalue weighted by Gasteiger charge is -2.24. The van der Waals surface area contributed by atoms with Crippen molar-refractivity contribution in [3.8, 4) is 5.75 Å². The molecule has 0 saturated carbocycles. The molecule has 1 aromatic carbocycles. The fraction of sp³-hybridized carbons (Fsp3) is 0.588. The third-order valence-corrected chi connectivity index (χ3v) is 4.39. The topological polar surface area (TPSA) is 36.9 Å². The number of ether oxygens (including phenoxy) is 1. The lowest BCUT2D eigenvalue weighted by atomic mass is 9.93. The molecule has 4 nitrogen and oxygen atoms in total. The number of hydrogen-bond acceptors (Lipinski definition) is 2. The van der Waals surface area contributed by atoms with Gasteiger partial charge in [-0.2, -0.15) is 0 Å². The number of guanidine groups is 1. The Morgan fingerprint density at radius 2 is 2.18 bits per heavy atom. The van der Waals surface area contributed by atoms with Crippen LogP contribution in [0.1, 0.15) is 25.8 Å². The summed E-state index contributed by atoms with van der Waals surface area (Å²) in [4.78, 5) is 6.77. The van der Waals surface area contributed by atoms with E-state index in [0.29, 0.717) is 5.41 Å². The highest BCUT2D eigenvalue weighted by Gasteiger charge is 2.31. The van der Waals surface area contributed by atoms with E-state index in [1.807, 2.05) is 19.2 Å². The Labute approximate surface area is 150 Å². The summed E-state index contributed by atoms with van der Waals surface area (Å²) in [5, 5.41) is 3.48. The lowest BCUT2D eigenvalue weighted by molar-refractivity contribution is 0.233. The molecule has 0 amide bonds. The lowest BCUT2D eigenvalue weighted by Crippen LogP contribution is -2.44. The van der Waals surface area contributed by atoms with Crippen molar-refractivity contribution < 1.29 is 4.74 Å². The third kappa shape index (κ3) is 3.86. The maximum absolute atomic E-state index is 5.97. The van der Waals surface area contributed by atoms with E-state index in [0.717, 1.165) is 37.8 Å². The Morgan fingerprint density at radius 1 is 1.41 bits per heavy atom. The van der Waals surface area contributed by atoms with Crippen molar-refractivity contribution in [1.29, 1.82) is 0 Å². The summed E-state index contributed by atoms with van der Waals surface area (Å²) >= 11 is 0. The molecule has 0 bridgehead atoms. The molecule has 122 valence electrons. The van der Waals surface area contributed by atoms with Crippen LogP contribution in [-0.2, 0) is 6.42 Å². The van der Waals surface area contributed by atoms with E-state index in [4.69, 9.17) is 4.74 Å². The van der Waals surface area contributed by atoms with Crippen molar-refractivity contribution in [2.75, 3.05) is 26.7 Å². The summed E-state index contributed by atoms with van der Waals surface area (Å²) in [5.74, 6) is 2.03. The van der Waals surface area contributed by atoms with Crippen LogP contribution in [-0.4, -0.2) is 43.6 Å². The fourth-order valence-electron chi connectivity index (χ4n) is 3.20. The molecule has 5 heteroatoms. The van der Waals surface area contributed by atoms with E-state index in [-0.39, 0.29) is 30.1 Å². The quantitative estimate of drug-likeness (QED) is 0.459. The number of aliphatic imine (C=N–C) groups is 1. The molecule has 1 saturated heterocycles. The third-order valence-electron chi connectivity index (χ3n) is 4.39. The van der Waals surface area contributed by atoms with Crippen LogP contribution in [0.15, 0.2) is 29.3 Å². The zero-order chi connectivity index (χ0) is 14.9. The van der Waals surface area contributed by atoms with Crippen molar-refractivity contribution in [1.82, 2.24) is 10.2 Å². The van der Waals surface area contributed by atoms with Gasteiger partial charge in [0, 0.05) is 26.6 Å². The normalized spacial score (nSPS) is 22.8. The van der Waals surface area contributed by atoms with Gasteiger partial charge in [-0.25, -0.2) is 0 Å². The number of rotatable bonds is 2. The number of para-hydroxylation sites is 1. The van der Waals surface area contributed by atoms with E-state index in [1.165, 1.54) is 12.0 Å². The first-order valence-corrected chi connectivity index (χ1v) is 7.77. The van der Waals surface area contributed by atoms with Gasteiger partial charge in [0.2, 0.25) is 0 Å². The molecule has 0 aliphatic carbocycles. The summed E-state index contributed by atoms with van der Waals surface area (Å²) < 4.78 is 5.97. The average Bonchev–Trinajstić information content (AvgIpc) is 3.02. The zero-order valence-electron chi connectivity index (χ0n) is 13.6. The Hall–Kier alpha value is -0.980. The number of halogens is 1. The van der Waals surface area contributed by atoms with E-state index in [1.54, 1.807) is 0 Å². The van der Waals surface area contributed by atoms with Gasteiger partial charge in [-0.05, 0) is 23.5 Å². The SMILES string of the molecule is CN=C(NCC1Cc2ccccc2O1)N1CCC(C)(C)C1.I. The molecular formula is C17H26IN3O. The average molecular weight is 415 g/mol. The van der Waals surface area contributed by atoms with Crippen LogP contribution in [0.4, 0.5) is 0 Å². The second-order valence-corrected chi connectivity index (χ2v) is 6.82. The first-order chi connectivity index (χ1) is 10.1. The molecular weight excluding hydrogens is 389 g/mol. The number of hydrogen-bond donors (Lipinski definition) is 1. The van der Waals surface area contributed by atoms with E-state index in [2.05, 4.69) is 41.2 Å². The van der Waals surface area contributed by atoms with Crippen LogP contribution in [0.5, 0.6) is 5.75 Å². The maximum Gasteiger partial charge on any atom is 0.193 e. The Morgan fingerprint density at radius 3 is 2.82 bits per heavy atom. The van der Waals surface area contributed by atoms with Crippen LogP contribution >= 0.6 is 24.0 Å². The second-order valence-electron chi connectivity index (χ2n) is 6.82. The van der Waals surface area contributed by atoms with Gasteiger partial charge in [-0.1, -0.05) is 32.0 Å². The molecule has 1 fully saturated rings. The van der Waals surface area contributed by atoms with Gasteiger partial charge < -0.3 is 15.0 Å². The van der Waals surface area contributed by atoms with Gasteiger partial charge in [0.1, 0.15) is 11.9 Å². The summed E-state index contributed by atoms with van der Waals surface area (Å²) in [6, 6.07) is 8.30. The van der Waals surface area contributed by atoms with Gasteiger partial charge in [0.25, 0.3) is 0 Å². The second kappa shape index (κ2) is 7.06. The van der Waals surface area contributed by atoms with Crippen molar-refractivity contribution in [3.05, 3.63) is 29.8 Å². The van der Waals surface area contributed by atoms with Crippen LogP contribution < -0.4 is 10.1 Å². The molecule has 2 aliphatic heterocycles. The highest BCUT2D eigenvalue weighted by molar-refractivity contribution is 14.0. The molecule has 0 radical (unpaired) electrons. The highest BCUT2D eigenvalue weighted by atomic mass is 127. The molecule has 0 spiro atoms. The first kappa shape index (κ1) is 17.4. The number of nitrogens with zero attached hydrogens (tertiary/aromatic N) is 2. The smallest absolute Gasteiger partial charge is 0.193 e. The predicted molar refractivity (Wildman–Crippen MR) is 101 cm³/mol. The van der Waals surface area contributed by atoms with Gasteiger partial charge >= 0.3 is 0 Å². The molecule has 2 heterocycles. The Balaban J connectivity index is 0.00000176. The standard InChI is InChI=1S/C17H25N3O.HI/c1-17(2)8-9-20(12-17)16(18-3)19-11-14-10-13-6-4-5-7-15(13)21-14;/h4-7,14H,8-12H2,1-3H3,(H,18,19);1H.